The monoisotopic (exact) mass is 422 g/mol. The van der Waals surface area contributed by atoms with Crippen LogP contribution in [0.1, 0.15) is 41.8 Å². The Hall–Kier alpha value is -2.45. The van der Waals surface area contributed by atoms with Gasteiger partial charge in [0.15, 0.2) is 9.84 Å². The number of hydrogen-bond donors (Lipinski definition) is 2. The zero-order valence-electron chi connectivity index (χ0n) is 16.1. The number of carbonyl (C=O) groups excluding carboxylic acids is 1. The summed E-state index contributed by atoms with van der Waals surface area (Å²) in [4.78, 5) is 20.6. The van der Waals surface area contributed by atoms with Crippen molar-refractivity contribution < 1.29 is 13.2 Å². The Morgan fingerprint density at radius 2 is 1.93 bits per heavy atom. The van der Waals surface area contributed by atoms with Crippen LogP contribution in [0.25, 0.3) is 0 Å². The van der Waals surface area contributed by atoms with Crippen LogP contribution in [0, 0.1) is 6.92 Å². The number of carbonyl (C=O) groups is 1. The fraction of sp³-hybridized carbons (Fsp3) is 0.316. The molecule has 0 aliphatic heterocycles. The second-order valence-electron chi connectivity index (χ2n) is 6.50. The van der Waals surface area contributed by atoms with Crippen LogP contribution < -0.4 is 10.6 Å². The second-order valence-corrected chi connectivity index (χ2v) is 8.84. The van der Waals surface area contributed by atoms with Crippen molar-refractivity contribution in [3.05, 3.63) is 64.1 Å². The predicted molar refractivity (Wildman–Crippen MR) is 111 cm³/mol. The number of nitrogens with zero attached hydrogens (tertiary/aromatic N) is 2. The van der Waals surface area contributed by atoms with Gasteiger partial charge in [0.25, 0.3) is 5.91 Å². The van der Waals surface area contributed by atoms with Gasteiger partial charge >= 0.3 is 0 Å². The van der Waals surface area contributed by atoms with Crippen LogP contribution in [-0.4, -0.2) is 36.6 Å². The fourth-order valence-corrected chi connectivity index (χ4v) is 3.26. The summed E-state index contributed by atoms with van der Waals surface area (Å²) in [5.74, 6) is -0.479. The Kier molecular flexibility index (Phi) is 7.15. The molecule has 0 saturated carbocycles. The number of aryl methyl sites for hydroxylation is 1. The van der Waals surface area contributed by atoms with Gasteiger partial charge in [-0.25, -0.2) is 18.4 Å². The number of anilines is 1. The highest BCUT2D eigenvalue weighted by Gasteiger charge is 2.15. The summed E-state index contributed by atoms with van der Waals surface area (Å²) >= 11 is 6.23. The van der Waals surface area contributed by atoms with Gasteiger partial charge in [0, 0.05) is 22.7 Å². The van der Waals surface area contributed by atoms with E-state index in [1.54, 1.807) is 20.0 Å². The summed E-state index contributed by atoms with van der Waals surface area (Å²) in [6, 6.07) is 6.98. The van der Waals surface area contributed by atoms with Crippen LogP contribution in [0.2, 0.25) is 5.02 Å². The molecule has 2 atom stereocenters. The summed E-state index contributed by atoms with van der Waals surface area (Å²) < 4.78 is 22.3. The van der Waals surface area contributed by atoms with Crippen LogP contribution in [0.4, 0.5) is 5.69 Å². The Bertz CT molecular complexity index is 992. The summed E-state index contributed by atoms with van der Waals surface area (Å²) in [5.41, 5.74) is 2.24. The van der Waals surface area contributed by atoms with Crippen molar-refractivity contribution in [2.45, 2.75) is 32.9 Å². The largest absolute Gasteiger partial charge is 0.376 e. The van der Waals surface area contributed by atoms with Gasteiger partial charge in [-0.1, -0.05) is 35.9 Å². The van der Waals surface area contributed by atoms with Crippen LogP contribution in [0.15, 0.2) is 41.9 Å². The molecule has 0 fully saturated rings. The second kappa shape index (κ2) is 9.16. The average molecular weight is 423 g/mol. The third-order valence-corrected chi connectivity index (χ3v) is 4.90. The van der Waals surface area contributed by atoms with Crippen molar-refractivity contribution in [3.8, 4) is 0 Å². The van der Waals surface area contributed by atoms with Gasteiger partial charge in [0.1, 0.15) is 0 Å². The van der Waals surface area contributed by atoms with Crippen molar-refractivity contribution in [1.29, 1.82) is 0 Å². The van der Waals surface area contributed by atoms with Crippen molar-refractivity contribution in [1.82, 2.24) is 15.3 Å². The summed E-state index contributed by atoms with van der Waals surface area (Å²) in [7, 11) is -3.25. The lowest BCUT2D eigenvalue weighted by Gasteiger charge is -2.18. The topological polar surface area (TPSA) is 101 Å². The van der Waals surface area contributed by atoms with Gasteiger partial charge in [0.05, 0.1) is 23.6 Å². The van der Waals surface area contributed by atoms with Crippen molar-refractivity contribution in [2.24, 2.45) is 0 Å². The van der Waals surface area contributed by atoms with E-state index in [1.165, 1.54) is 6.08 Å². The molecule has 9 heteroatoms. The van der Waals surface area contributed by atoms with Crippen molar-refractivity contribution in [2.75, 3.05) is 11.6 Å². The third kappa shape index (κ3) is 6.31. The smallest absolute Gasteiger partial charge is 0.289 e. The molecule has 0 radical (unpaired) electrons. The minimum atomic E-state index is -3.25. The highest BCUT2D eigenvalue weighted by Crippen LogP contribution is 2.26. The molecule has 0 bridgehead atoms. The first-order valence-electron chi connectivity index (χ1n) is 8.60. The van der Waals surface area contributed by atoms with E-state index in [-0.39, 0.29) is 11.9 Å². The Balaban J connectivity index is 2.08. The minimum Gasteiger partial charge on any atom is -0.376 e. The minimum absolute atomic E-state index is 0.00746. The Labute approximate surface area is 170 Å². The molecule has 1 aromatic heterocycles. The first-order chi connectivity index (χ1) is 13.1. The summed E-state index contributed by atoms with van der Waals surface area (Å²) in [5, 5.41) is 7.64. The normalized spacial score (nSPS) is 13.9. The number of amides is 1. The number of sulfone groups is 1. The number of hydrogen-bond acceptors (Lipinski definition) is 6. The van der Waals surface area contributed by atoms with E-state index in [0.29, 0.717) is 16.4 Å². The molecule has 0 spiro atoms. The lowest BCUT2D eigenvalue weighted by atomic mass is 10.1. The van der Waals surface area contributed by atoms with Crippen LogP contribution in [-0.2, 0) is 9.84 Å². The summed E-state index contributed by atoms with van der Waals surface area (Å²) in [6.07, 6.45) is 4.02. The molecule has 0 unspecified atom stereocenters. The molecule has 0 aliphatic carbocycles. The molecule has 2 aromatic rings. The van der Waals surface area contributed by atoms with Crippen molar-refractivity contribution >= 4 is 33.0 Å². The Morgan fingerprint density at radius 3 is 2.54 bits per heavy atom. The number of halogens is 1. The van der Waals surface area contributed by atoms with Gasteiger partial charge in [0.2, 0.25) is 5.82 Å². The number of nitrogens with one attached hydrogen (secondary N) is 2. The van der Waals surface area contributed by atoms with E-state index >= 15 is 0 Å². The molecule has 2 N–H and O–H groups in total. The first kappa shape index (κ1) is 21.8. The predicted octanol–water partition coefficient (Wildman–Crippen LogP) is 3.29. The molecule has 1 heterocycles. The first-order valence-corrected chi connectivity index (χ1v) is 10.9. The highest BCUT2D eigenvalue weighted by molar-refractivity contribution is 7.93. The molecule has 0 saturated heterocycles. The maximum absolute atomic E-state index is 12.3. The number of aromatic nitrogens is 2. The van der Waals surface area contributed by atoms with Gasteiger partial charge in [-0.05, 0) is 32.4 Å². The number of benzene rings is 1. The van der Waals surface area contributed by atoms with E-state index in [2.05, 4.69) is 20.6 Å². The molecule has 150 valence electrons. The summed E-state index contributed by atoms with van der Waals surface area (Å²) in [6.45, 7) is 5.40. The Morgan fingerprint density at radius 1 is 1.25 bits per heavy atom. The van der Waals surface area contributed by atoms with Crippen LogP contribution in [0.5, 0.6) is 0 Å². The lowest BCUT2D eigenvalue weighted by Crippen LogP contribution is -2.32. The SMILES string of the molecule is Cc1nc(C(=O)N[C@H](C)/C=C/S(C)(=O)=O)ncc1N[C@@H](C)c1ccccc1Cl. The lowest BCUT2D eigenvalue weighted by molar-refractivity contribution is 0.0936. The van der Waals surface area contributed by atoms with Gasteiger partial charge in [-0.3, -0.25) is 4.79 Å². The van der Waals surface area contributed by atoms with E-state index in [9.17, 15) is 13.2 Å². The zero-order valence-corrected chi connectivity index (χ0v) is 17.7. The van der Waals surface area contributed by atoms with Crippen LogP contribution in [0.3, 0.4) is 0 Å². The maximum Gasteiger partial charge on any atom is 0.289 e. The van der Waals surface area contributed by atoms with Gasteiger partial charge in [-0.15, -0.1) is 0 Å². The van der Waals surface area contributed by atoms with E-state index in [0.717, 1.165) is 17.2 Å². The molecular weight excluding hydrogens is 400 g/mol. The number of rotatable bonds is 7. The molecule has 1 amide bonds. The van der Waals surface area contributed by atoms with Crippen LogP contribution >= 0.6 is 11.6 Å². The fourth-order valence-electron chi connectivity index (χ4n) is 2.44. The average Bonchev–Trinajstić information content (AvgIpc) is 2.61. The van der Waals surface area contributed by atoms with E-state index in [1.807, 2.05) is 31.2 Å². The van der Waals surface area contributed by atoms with E-state index < -0.39 is 21.8 Å². The van der Waals surface area contributed by atoms with E-state index in [4.69, 9.17) is 11.6 Å². The molecule has 7 nitrogen and oxygen atoms in total. The van der Waals surface area contributed by atoms with Gasteiger partial charge < -0.3 is 10.6 Å². The van der Waals surface area contributed by atoms with Gasteiger partial charge in [-0.2, -0.15) is 0 Å². The molecular formula is C19H23ClN4O3S. The molecule has 1 aromatic carbocycles. The highest BCUT2D eigenvalue weighted by atomic mass is 35.5. The molecule has 0 aliphatic rings. The van der Waals surface area contributed by atoms with Crippen molar-refractivity contribution in [3.63, 3.8) is 0 Å². The zero-order chi connectivity index (χ0) is 20.9. The maximum atomic E-state index is 12.3. The molecule has 2 rings (SSSR count). The molecule has 28 heavy (non-hydrogen) atoms. The standard InChI is InChI=1S/C19H23ClN4O3S/c1-12(9-10-28(4,26)27)22-19(25)18-21-11-17(14(3)24-18)23-13(2)15-7-5-6-8-16(15)20/h5-13,23H,1-4H3,(H,22,25)/b10-9+/t12-,13+/m1/s1. The quantitative estimate of drug-likeness (QED) is 0.710. The third-order valence-electron chi connectivity index (χ3n) is 3.90.